The van der Waals surface area contributed by atoms with Gasteiger partial charge in [0, 0.05) is 25.2 Å². The first-order valence-electron chi connectivity index (χ1n) is 5.97. The fourth-order valence-electron chi connectivity index (χ4n) is 2.27. The van der Waals surface area contributed by atoms with E-state index in [4.69, 9.17) is 15.2 Å². The van der Waals surface area contributed by atoms with Crippen LogP contribution in [0, 0.1) is 0 Å². The summed E-state index contributed by atoms with van der Waals surface area (Å²) >= 11 is 0. The standard InChI is InChI=1S/C13H20N2O2/c1-16-11-5-6-13(17-2)12(8-11)15-7-3-4-10(14)9-15/h5-6,8,10H,3-4,7,9,14H2,1-2H3. The zero-order chi connectivity index (χ0) is 12.3. The lowest BCUT2D eigenvalue weighted by atomic mass is 10.1. The first-order valence-corrected chi connectivity index (χ1v) is 5.97. The Balaban J connectivity index is 2.27. The molecule has 1 saturated heterocycles. The summed E-state index contributed by atoms with van der Waals surface area (Å²) in [6.45, 7) is 1.90. The predicted octanol–water partition coefficient (Wildman–Crippen LogP) is 1.63. The number of nitrogens with two attached hydrogens (primary N) is 1. The van der Waals surface area contributed by atoms with Crippen molar-refractivity contribution in [3.05, 3.63) is 18.2 Å². The van der Waals surface area contributed by atoms with E-state index in [-0.39, 0.29) is 6.04 Å². The van der Waals surface area contributed by atoms with E-state index < -0.39 is 0 Å². The molecule has 0 saturated carbocycles. The first kappa shape index (κ1) is 12.0. The van der Waals surface area contributed by atoms with Crippen molar-refractivity contribution in [3.63, 3.8) is 0 Å². The van der Waals surface area contributed by atoms with Crippen LogP contribution in [0.2, 0.25) is 0 Å². The van der Waals surface area contributed by atoms with Crippen molar-refractivity contribution in [2.75, 3.05) is 32.2 Å². The maximum Gasteiger partial charge on any atom is 0.142 e. The zero-order valence-corrected chi connectivity index (χ0v) is 10.5. The van der Waals surface area contributed by atoms with Crippen molar-refractivity contribution in [2.24, 2.45) is 5.73 Å². The Morgan fingerprint density at radius 3 is 2.76 bits per heavy atom. The lowest BCUT2D eigenvalue weighted by Gasteiger charge is -2.33. The summed E-state index contributed by atoms with van der Waals surface area (Å²) < 4.78 is 10.7. The highest BCUT2D eigenvalue weighted by Crippen LogP contribution is 2.33. The molecule has 1 aliphatic rings. The van der Waals surface area contributed by atoms with E-state index in [1.807, 2.05) is 18.2 Å². The fourth-order valence-corrected chi connectivity index (χ4v) is 2.27. The number of benzene rings is 1. The summed E-state index contributed by atoms with van der Waals surface area (Å²) in [5.74, 6) is 1.72. The van der Waals surface area contributed by atoms with E-state index in [2.05, 4.69) is 4.90 Å². The lowest BCUT2D eigenvalue weighted by molar-refractivity contribution is 0.400. The SMILES string of the molecule is COc1ccc(OC)c(N2CCCC(N)C2)c1. The van der Waals surface area contributed by atoms with Gasteiger partial charge < -0.3 is 20.1 Å². The van der Waals surface area contributed by atoms with Crippen LogP contribution in [0.1, 0.15) is 12.8 Å². The van der Waals surface area contributed by atoms with Crippen molar-refractivity contribution in [2.45, 2.75) is 18.9 Å². The number of hydrogen-bond donors (Lipinski definition) is 1. The molecule has 2 N–H and O–H groups in total. The number of rotatable bonds is 3. The summed E-state index contributed by atoms with van der Waals surface area (Å²) in [5.41, 5.74) is 7.08. The minimum Gasteiger partial charge on any atom is -0.497 e. The summed E-state index contributed by atoms with van der Waals surface area (Å²) in [6.07, 6.45) is 2.23. The molecule has 0 radical (unpaired) electrons. The number of ether oxygens (including phenoxy) is 2. The molecule has 1 atom stereocenters. The van der Waals surface area contributed by atoms with Crippen LogP contribution in [0.25, 0.3) is 0 Å². The van der Waals surface area contributed by atoms with Gasteiger partial charge in [-0.15, -0.1) is 0 Å². The second kappa shape index (κ2) is 5.27. The van der Waals surface area contributed by atoms with Crippen LogP contribution in [0.15, 0.2) is 18.2 Å². The van der Waals surface area contributed by atoms with Crippen LogP contribution < -0.4 is 20.1 Å². The van der Waals surface area contributed by atoms with E-state index in [0.29, 0.717) is 0 Å². The molecular weight excluding hydrogens is 216 g/mol. The minimum absolute atomic E-state index is 0.250. The topological polar surface area (TPSA) is 47.7 Å². The third kappa shape index (κ3) is 2.64. The molecule has 1 aromatic carbocycles. The second-order valence-corrected chi connectivity index (χ2v) is 4.39. The number of nitrogens with zero attached hydrogens (tertiary/aromatic N) is 1. The van der Waals surface area contributed by atoms with Crippen LogP contribution in [-0.2, 0) is 0 Å². The van der Waals surface area contributed by atoms with Gasteiger partial charge in [-0.25, -0.2) is 0 Å². The smallest absolute Gasteiger partial charge is 0.142 e. The highest BCUT2D eigenvalue weighted by molar-refractivity contribution is 5.62. The fraction of sp³-hybridized carbons (Fsp3) is 0.538. The third-order valence-corrected chi connectivity index (χ3v) is 3.18. The van der Waals surface area contributed by atoms with E-state index in [1.165, 1.54) is 0 Å². The largest absolute Gasteiger partial charge is 0.497 e. The molecule has 1 unspecified atom stereocenters. The van der Waals surface area contributed by atoms with Gasteiger partial charge in [-0.2, -0.15) is 0 Å². The van der Waals surface area contributed by atoms with Crippen LogP contribution >= 0.6 is 0 Å². The minimum atomic E-state index is 0.250. The molecule has 1 aromatic rings. The molecule has 0 bridgehead atoms. The van der Waals surface area contributed by atoms with Crippen molar-refractivity contribution in [1.82, 2.24) is 0 Å². The third-order valence-electron chi connectivity index (χ3n) is 3.18. The Labute approximate surface area is 102 Å². The van der Waals surface area contributed by atoms with Crippen molar-refractivity contribution >= 4 is 5.69 Å². The molecule has 1 fully saturated rings. The number of piperidine rings is 1. The van der Waals surface area contributed by atoms with Crippen molar-refractivity contribution < 1.29 is 9.47 Å². The van der Waals surface area contributed by atoms with Crippen LogP contribution in [0.3, 0.4) is 0 Å². The van der Waals surface area contributed by atoms with Gasteiger partial charge in [0.2, 0.25) is 0 Å². The zero-order valence-electron chi connectivity index (χ0n) is 10.5. The molecule has 0 aliphatic carbocycles. The summed E-state index contributed by atoms with van der Waals surface area (Å²) in [4.78, 5) is 2.27. The molecule has 1 heterocycles. The van der Waals surface area contributed by atoms with E-state index in [0.717, 1.165) is 43.1 Å². The van der Waals surface area contributed by atoms with Gasteiger partial charge in [0.15, 0.2) is 0 Å². The first-order chi connectivity index (χ1) is 8.24. The van der Waals surface area contributed by atoms with Gasteiger partial charge in [0.25, 0.3) is 0 Å². The van der Waals surface area contributed by atoms with Gasteiger partial charge in [-0.3, -0.25) is 0 Å². The number of hydrogen-bond acceptors (Lipinski definition) is 4. The predicted molar refractivity (Wildman–Crippen MR) is 69.0 cm³/mol. The maximum atomic E-state index is 6.01. The summed E-state index contributed by atoms with van der Waals surface area (Å²) in [6, 6.07) is 6.11. The molecule has 0 amide bonds. The molecule has 94 valence electrons. The molecule has 17 heavy (non-hydrogen) atoms. The van der Waals surface area contributed by atoms with Gasteiger partial charge in [0.05, 0.1) is 19.9 Å². The Morgan fingerprint density at radius 1 is 1.29 bits per heavy atom. The van der Waals surface area contributed by atoms with E-state index in [9.17, 15) is 0 Å². The maximum absolute atomic E-state index is 6.01. The monoisotopic (exact) mass is 236 g/mol. The van der Waals surface area contributed by atoms with Crippen molar-refractivity contribution in [3.8, 4) is 11.5 Å². The average Bonchev–Trinajstić information content (AvgIpc) is 2.38. The summed E-state index contributed by atoms with van der Waals surface area (Å²) in [7, 11) is 3.36. The Bertz CT molecular complexity index is 382. The highest BCUT2D eigenvalue weighted by atomic mass is 16.5. The average molecular weight is 236 g/mol. The molecule has 4 heteroatoms. The van der Waals surface area contributed by atoms with Crippen molar-refractivity contribution in [1.29, 1.82) is 0 Å². The molecule has 1 aliphatic heterocycles. The van der Waals surface area contributed by atoms with Gasteiger partial charge >= 0.3 is 0 Å². The van der Waals surface area contributed by atoms with Gasteiger partial charge in [-0.05, 0) is 25.0 Å². The Morgan fingerprint density at radius 2 is 2.12 bits per heavy atom. The van der Waals surface area contributed by atoms with Crippen LogP contribution in [0.4, 0.5) is 5.69 Å². The number of methoxy groups -OCH3 is 2. The molecular formula is C13H20N2O2. The number of anilines is 1. The summed E-state index contributed by atoms with van der Waals surface area (Å²) in [5, 5.41) is 0. The second-order valence-electron chi connectivity index (χ2n) is 4.39. The van der Waals surface area contributed by atoms with E-state index in [1.54, 1.807) is 14.2 Å². The van der Waals surface area contributed by atoms with Crippen LogP contribution in [0.5, 0.6) is 11.5 Å². The molecule has 0 aromatic heterocycles. The Kier molecular flexibility index (Phi) is 3.74. The van der Waals surface area contributed by atoms with E-state index >= 15 is 0 Å². The van der Waals surface area contributed by atoms with Gasteiger partial charge in [-0.1, -0.05) is 0 Å². The lowest BCUT2D eigenvalue weighted by Crippen LogP contribution is -2.42. The molecule has 0 spiro atoms. The molecule has 2 rings (SSSR count). The van der Waals surface area contributed by atoms with Crippen LogP contribution in [-0.4, -0.2) is 33.4 Å². The molecule has 4 nitrogen and oxygen atoms in total. The normalized spacial score (nSPS) is 20.2. The quantitative estimate of drug-likeness (QED) is 0.866. The van der Waals surface area contributed by atoms with Gasteiger partial charge in [0.1, 0.15) is 11.5 Å². The Hall–Kier alpha value is -1.42. The highest BCUT2D eigenvalue weighted by Gasteiger charge is 2.20.